The molecule has 1 aromatic carbocycles. The van der Waals surface area contributed by atoms with Crippen LogP contribution in [0.4, 0.5) is 5.69 Å². The van der Waals surface area contributed by atoms with E-state index in [2.05, 4.69) is 24.1 Å². The molecule has 1 aromatic rings. The van der Waals surface area contributed by atoms with Gasteiger partial charge in [0.2, 0.25) is 0 Å². The molecule has 4 nitrogen and oxygen atoms in total. The highest BCUT2D eigenvalue weighted by Crippen LogP contribution is 2.19. The van der Waals surface area contributed by atoms with Gasteiger partial charge in [0.1, 0.15) is 0 Å². The molecule has 2 rings (SSSR count). The largest absolute Gasteiger partial charge is 0.478 e. The number of hydrogen-bond donors (Lipinski definition) is 2. The van der Waals surface area contributed by atoms with E-state index in [0.29, 0.717) is 17.5 Å². The quantitative estimate of drug-likeness (QED) is 0.873. The van der Waals surface area contributed by atoms with Crippen molar-refractivity contribution in [2.45, 2.75) is 26.3 Å². The molecule has 1 atom stereocenters. The Morgan fingerprint density at radius 2 is 2.11 bits per heavy atom. The van der Waals surface area contributed by atoms with Crippen LogP contribution in [0.25, 0.3) is 0 Å². The van der Waals surface area contributed by atoms with E-state index in [1.54, 1.807) is 12.1 Å². The highest BCUT2D eigenvalue weighted by atomic mass is 16.4. The summed E-state index contributed by atoms with van der Waals surface area (Å²) in [5, 5.41) is 12.4. The lowest BCUT2D eigenvalue weighted by Crippen LogP contribution is -2.51. The van der Waals surface area contributed by atoms with Gasteiger partial charge in [-0.15, -0.1) is 0 Å². The van der Waals surface area contributed by atoms with E-state index < -0.39 is 5.97 Å². The molecule has 1 fully saturated rings. The van der Waals surface area contributed by atoms with Crippen molar-refractivity contribution < 1.29 is 9.90 Å². The minimum absolute atomic E-state index is 0.345. The summed E-state index contributed by atoms with van der Waals surface area (Å²) in [6.07, 6.45) is 1.17. The number of piperazine rings is 1. The summed E-state index contributed by atoms with van der Waals surface area (Å²) in [5.41, 5.74) is 1.46. The summed E-state index contributed by atoms with van der Waals surface area (Å²) in [6.45, 7) is 7.42. The van der Waals surface area contributed by atoms with Gasteiger partial charge in [0.05, 0.1) is 5.56 Å². The SMILES string of the molecule is CC(C)C[C@H]1CN(c2ccc(C(=O)O)cc2)CCN1. The average molecular weight is 262 g/mol. The summed E-state index contributed by atoms with van der Waals surface area (Å²) in [6, 6.07) is 7.68. The van der Waals surface area contributed by atoms with Gasteiger partial charge in [-0.1, -0.05) is 13.8 Å². The Bertz CT molecular complexity index is 428. The maximum atomic E-state index is 10.8. The molecule has 1 saturated heterocycles. The monoisotopic (exact) mass is 262 g/mol. The van der Waals surface area contributed by atoms with E-state index in [9.17, 15) is 4.79 Å². The molecule has 0 aliphatic carbocycles. The number of aromatic carboxylic acids is 1. The normalized spacial score (nSPS) is 19.7. The maximum absolute atomic E-state index is 10.8. The van der Waals surface area contributed by atoms with Gasteiger partial charge in [-0.3, -0.25) is 0 Å². The minimum Gasteiger partial charge on any atom is -0.478 e. The van der Waals surface area contributed by atoms with E-state index in [-0.39, 0.29) is 0 Å². The Labute approximate surface area is 114 Å². The first kappa shape index (κ1) is 13.9. The number of anilines is 1. The van der Waals surface area contributed by atoms with Crippen LogP contribution in [-0.2, 0) is 0 Å². The molecule has 104 valence electrons. The Morgan fingerprint density at radius 3 is 2.68 bits per heavy atom. The number of hydrogen-bond acceptors (Lipinski definition) is 3. The van der Waals surface area contributed by atoms with E-state index in [4.69, 9.17) is 5.11 Å². The van der Waals surface area contributed by atoms with Crippen molar-refractivity contribution in [3.05, 3.63) is 29.8 Å². The predicted molar refractivity (Wildman–Crippen MR) is 76.9 cm³/mol. The van der Waals surface area contributed by atoms with Gasteiger partial charge in [-0.05, 0) is 36.6 Å². The van der Waals surface area contributed by atoms with Gasteiger partial charge in [0.15, 0.2) is 0 Å². The minimum atomic E-state index is -0.871. The number of nitrogens with zero attached hydrogens (tertiary/aromatic N) is 1. The van der Waals surface area contributed by atoms with E-state index in [0.717, 1.165) is 25.3 Å². The third kappa shape index (κ3) is 3.70. The fraction of sp³-hybridized carbons (Fsp3) is 0.533. The lowest BCUT2D eigenvalue weighted by Gasteiger charge is -2.36. The first-order chi connectivity index (χ1) is 9.06. The lowest BCUT2D eigenvalue weighted by atomic mass is 10.0. The van der Waals surface area contributed by atoms with Crippen molar-refractivity contribution in [2.75, 3.05) is 24.5 Å². The molecular weight excluding hydrogens is 240 g/mol. The van der Waals surface area contributed by atoms with Gasteiger partial charge in [0, 0.05) is 31.4 Å². The van der Waals surface area contributed by atoms with Crippen molar-refractivity contribution in [1.82, 2.24) is 5.32 Å². The molecule has 2 N–H and O–H groups in total. The van der Waals surface area contributed by atoms with Crippen LogP contribution in [0.1, 0.15) is 30.6 Å². The molecular formula is C15H22N2O2. The van der Waals surface area contributed by atoms with Crippen molar-refractivity contribution >= 4 is 11.7 Å². The molecule has 0 radical (unpaired) electrons. The molecule has 0 amide bonds. The second-order valence-corrected chi connectivity index (χ2v) is 5.58. The molecule has 1 aliphatic heterocycles. The van der Waals surface area contributed by atoms with E-state index in [1.807, 2.05) is 12.1 Å². The zero-order valence-electron chi connectivity index (χ0n) is 11.6. The fourth-order valence-electron chi connectivity index (χ4n) is 2.60. The number of rotatable bonds is 4. The molecule has 0 unspecified atom stereocenters. The Hall–Kier alpha value is -1.55. The Morgan fingerprint density at radius 1 is 1.42 bits per heavy atom. The van der Waals surface area contributed by atoms with Crippen LogP contribution in [0.3, 0.4) is 0 Å². The molecule has 0 aromatic heterocycles. The van der Waals surface area contributed by atoms with Crippen LogP contribution in [0.15, 0.2) is 24.3 Å². The van der Waals surface area contributed by atoms with E-state index >= 15 is 0 Å². The highest BCUT2D eigenvalue weighted by Gasteiger charge is 2.20. The van der Waals surface area contributed by atoms with Gasteiger partial charge in [-0.25, -0.2) is 4.79 Å². The van der Waals surface area contributed by atoms with Crippen molar-refractivity contribution in [2.24, 2.45) is 5.92 Å². The summed E-state index contributed by atoms with van der Waals surface area (Å²) < 4.78 is 0. The highest BCUT2D eigenvalue weighted by molar-refractivity contribution is 5.88. The van der Waals surface area contributed by atoms with Crippen molar-refractivity contribution in [3.63, 3.8) is 0 Å². The molecule has 19 heavy (non-hydrogen) atoms. The zero-order chi connectivity index (χ0) is 13.8. The van der Waals surface area contributed by atoms with Crippen LogP contribution in [0.5, 0.6) is 0 Å². The number of carbonyl (C=O) groups is 1. The standard InChI is InChI=1S/C15H22N2O2/c1-11(2)9-13-10-17(8-7-16-13)14-5-3-12(4-6-14)15(18)19/h3-6,11,13,16H,7-10H2,1-2H3,(H,18,19)/t13-/m0/s1. The van der Waals surface area contributed by atoms with Crippen LogP contribution in [0.2, 0.25) is 0 Å². The molecule has 0 spiro atoms. The van der Waals surface area contributed by atoms with Crippen molar-refractivity contribution in [3.8, 4) is 0 Å². The maximum Gasteiger partial charge on any atom is 0.335 e. The van der Waals surface area contributed by atoms with Gasteiger partial charge < -0.3 is 15.3 Å². The molecule has 1 heterocycles. The third-order valence-electron chi connectivity index (χ3n) is 3.49. The predicted octanol–water partition coefficient (Wildman–Crippen LogP) is 2.21. The fourth-order valence-corrected chi connectivity index (χ4v) is 2.60. The Kier molecular flexibility index (Phi) is 4.43. The summed E-state index contributed by atoms with van der Waals surface area (Å²) in [7, 11) is 0. The van der Waals surface area contributed by atoms with Gasteiger partial charge >= 0.3 is 5.97 Å². The van der Waals surface area contributed by atoms with Crippen LogP contribution < -0.4 is 10.2 Å². The molecule has 0 saturated carbocycles. The number of benzene rings is 1. The van der Waals surface area contributed by atoms with Gasteiger partial charge in [0.25, 0.3) is 0 Å². The van der Waals surface area contributed by atoms with Crippen LogP contribution in [-0.4, -0.2) is 36.8 Å². The summed E-state index contributed by atoms with van der Waals surface area (Å²) in [4.78, 5) is 13.2. The van der Waals surface area contributed by atoms with Crippen LogP contribution >= 0.6 is 0 Å². The van der Waals surface area contributed by atoms with Crippen LogP contribution in [0, 0.1) is 5.92 Å². The first-order valence-corrected chi connectivity index (χ1v) is 6.88. The van der Waals surface area contributed by atoms with E-state index in [1.165, 1.54) is 6.42 Å². The smallest absolute Gasteiger partial charge is 0.335 e. The molecule has 0 bridgehead atoms. The Balaban J connectivity index is 2.02. The summed E-state index contributed by atoms with van der Waals surface area (Å²) >= 11 is 0. The average Bonchev–Trinajstić information content (AvgIpc) is 2.38. The third-order valence-corrected chi connectivity index (χ3v) is 3.49. The molecule has 4 heteroatoms. The first-order valence-electron chi connectivity index (χ1n) is 6.88. The van der Waals surface area contributed by atoms with Gasteiger partial charge in [-0.2, -0.15) is 0 Å². The topological polar surface area (TPSA) is 52.6 Å². The number of carboxylic acids is 1. The number of nitrogens with one attached hydrogen (secondary N) is 1. The second kappa shape index (κ2) is 6.06. The van der Waals surface area contributed by atoms with Crippen molar-refractivity contribution in [1.29, 1.82) is 0 Å². The summed E-state index contributed by atoms with van der Waals surface area (Å²) in [5.74, 6) is -0.184. The second-order valence-electron chi connectivity index (χ2n) is 5.58. The lowest BCUT2D eigenvalue weighted by molar-refractivity contribution is 0.0697. The molecule has 1 aliphatic rings. The zero-order valence-corrected chi connectivity index (χ0v) is 11.6. The number of carboxylic acid groups (broad SMARTS) is 1.